The Bertz CT molecular complexity index is 565. The van der Waals surface area contributed by atoms with Gasteiger partial charge in [-0.25, -0.2) is 0 Å². The van der Waals surface area contributed by atoms with Crippen molar-refractivity contribution < 1.29 is 0 Å². The fourth-order valence-electron chi connectivity index (χ4n) is 6.76. The van der Waals surface area contributed by atoms with Crippen LogP contribution in [0.4, 0.5) is 11.4 Å². The Hall–Kier alpha value is -1.18. The molecule has 1 aromatic carbocycles. The zero-order valence-electron chi connectivity index (χ0n) is 14.5. The molecule has 0 unspecified atom stereocenters. The van der Waals surface area contributed by atoms with Crippen molar-refractivity contribution in [2.24, 2.45) is 17.8 Å². The van der Waals surface area contributed by atoms with Crippen molar-refractivity contribution in [1.29, 1.82) is 0 Å². The Labute approximate surface area is 140 Å². The van der Waals surface area contributed by atoms with Gasteiger partial charge in [-0.05, 0) is 92.2 Å². The highest BCUT2D eigenvalue weighted by molar-refractivity contribution is 5.71. The summed E-state index contributed by atoms with van der Waals surface area (Å²) in [4.78, 5) is 2.61. The van der Waals surface area contributed by atoms with Crippen LogP contribution in [0.3, 0.4) is 0 Å². The van der Waals surface area contributed by atoms with Crippen LogP contribution in [0.1, 0.15) is 56.9 Å². The lowest BCUT2D eigenvalue weighted by Gasteiger charge is -2.57. The van der Waals surface area contributed by atoms with Gasteiger partial charge in [0, 0.05) is 20.1 Å². The molecule has 0 atom stereocenters. The van der Waals surface area contributed by atoms with E-state index in [-0.39, 0.29) is 0 Å². The minimum Gasteiger partial charge on any atom is -0.386 e. The Morgan fingerprint density at radius 1 is 0.957 bits per heavy atom. The summed E-state index contributed by atoms with van der Waals surface area (Å²) in [6.07, 6.45) is 11.7. The molecule has 4 aliphatic carbocycles. The van der Waals surface area contributed by atoms with Crippen molar-refractivity contribution in [3.05, 3.63) is 23.8 Å². The van der Waals surface area contributed by atoms with Crippen LogP contribution in [0, 0.1) is 17.8 Å². The molecule has 0 spiro atoms. The van der Waals surface area contributed by atoms with Crippen LogP contribution >= 0.6 is 0 Å². The third-order valence-electron chi connectivity index (χ3n) is 7.36. The maximum absolute atomic E-state index is 3.43. The first kappa shape index (κ1) is 14.2. The summed E-state index contributed by atoms with van der Waals surface area (Å²) in [5, 5.41) is 3.43. The summed E-state index contributed by atoms with van der Waals surface area (Å²) >= 11 is 0. The van der Waals surface area contributed by atoms with Crippen LogP contribution in [0.25, 0.3) is 0 Å². The molecule has 0 radical (unpaired) electrons. The van der Waals surface area contributed by atoms with E-state index in [1.165, 1.54) is 75.8 Å². The van der Waals surface area contributed by atoms with Crippen molar-refractivity contribution in [2.75, 3.05) is 30.4 Å². The first-order valence-electron chi connectivity index (χ1n) is 9.83. The molecule has 1 aromatic rings. The molecule has 4 bridgehead atoms. The fraction of sp³-hybridized carbons (Fsp3) is 0.714. The van der Waals surface area contributed by atoms with E-state index in [0.717, 1.165) is 17.8 Å². The van der Waals surface area contributed by atoms with Gasteiger partial charge in [0.1, 0.15) is 0 Å². The molecule has 5 aliphatic rings. The third kappa shape index (κ3) is 2.21. The molecule has 4 saturated carbocycles. The SMILES string of the molecule is CNc1ccc(C23CC4CC(CC(C4)C2)C3)cc1N1CCCC1. The number of hydrogen-bond acceptors (Lipinski definition) is 2. The monoisotopic (exact) mass is 310 g/mol. The molecule has 0 aromatic heterocycles. The van der Waals surface area contributed by atoms with Gasteiger partial charge < -0.3 is 10.2 Å². The number of anilines is 2. The molecule has 1 aliphatic heterocycles. The molecule has 2 heteroatoms. The van der Waals surface area contributed by atoms with Crippen LogP contribution in [-0.2, 0) is 5.41 Å². The van der Waals surface area contributed by atoms with Gasteiger partial charge >= 0.3 is 0 Å². The number of benzene rings is 1. The van der Waals surface area contributed by atoms with Gasteiger partial charge in [-0.1, -0.05) is 6.07 Å². The minimum atomic E-state index is 0.523. The highest BCUT2D eigenvalue weighted by atomic mass is 15.2. The van der Waals surface area contributed by atoms with E-state index >= 15 is 0 Å². The number of nitrogens with one attached hydrogen (secondary N) is 1. The smallest absolute Gasteiger partial charge is 0.0604 e. The lowest BCUT2D eigenvalue weighted by molar-refractivity contribution is -0.00516. The fourth-order valence-corrected chi connectivity index (χ4v) is 6.76. The van der Waals surface area contributed by atoms with Gasteiger partial charge in [0.2, 0.25) is 0 Å². The standard InChI is InChI=1S/C21H30N2/c1-22-19-5-4-18(11-20(19)23-6-2-3-7-23)21-12-15-8-16(13-21)10-17(9-15)14-21/h4-5,11,15-17,22H,2-3,6-10,12-14H2,1H3. The maximum atomic E-state index is 3.43. The Balaban J connectivity index is 1.54. The van der Waals surface area contributed by atoms with Gasteiger partial charge in [0.15, 0.2) is 0 Å². The topological polar surface area (TPSA) is 15.3 Å². The summed E-state index contributed by atoms with van der Waals surface area (Å²) in [6.45, 7) is 2.47. The Kier molecular flexibility index (Phi) is 3.18. The highest BCUT2D eigenvalue weighted by Gasteiger charge is 2.51. The minimum absolute atomic E-state index is 0.523. The van der Waals surface area contributed by atoms with Crippen LogP contribution < -0.4 is 10.2 Å². The lowest BCUT2D eigenvalue weighted by atomic mass is 9.48. The molecule has 23 heavy (non-hydrogen) atoms. The van der Waals surface area contributed by atoms with Crippen molar-refractivity contribution in [3.8, 4) is 0 Å². The van der Waals surface area contributed by atoms with Crippen molar-refractivity contribution >= 4 is 11.4 Å². The normalized spacial score (nSPS) is 38.3. The number of nitrogens with zero attached hydrogens (tertiary/aromatic N) is 1. The van der Waals surface area contributed by atoms with Gasteiger partial charge in [-0.15, -0.1) is 0 Å². The summed E-state index contributed by atoms with van der Waals surface area (Å²) in [7, 11) is 2.07. The van der Waals surface area contributed by atoms with Crippen molar-refractivity contribution in [3.63, 3.8) is 0 Å². The Morgan fingerprint density at radius 3 is 2.13 bits per heavy atom. The molecule has 1 N–H and O–H groups in total. The van der Waals surface area contributed by atoms with Crippen LogP contribution in [-0.4, -0.2) is 20.1 Å². The number of hydrogen-bond donors (Lipinski definition) is 1. The van der Waals surface area contributed by atoms with E-state index in [4.69, 9.17) is 0 Å². The molecule has 2 nitrogen and oxygen atoms in total. The molecule has 6 rings (SSSR count). The van der Waals surface area contributed by atoms with Gasteiger partial charge in [0.25, 0.3) is 0 Å². The highest BCUT2D eigenvalue weighted by Crippen LogP contribution is 2.61. The summed E-state index contributed by atoms with van der Waals surface area (Å²) in [5.41, 5.74) is 4.98. The van der Waals surface area contributed by atoms with E-state index in [1.54, 1.807) is 5.56 Å². The first-order valence-corrected chi connectivity index (χ1v) is 9.83. The second kappa shape index (κ2) is 5.16. The molecular formula is C21H30N2. The molecule has 0 amide bonds. The molecule has 124 valence electrons. The quantitative estimate of drug-likeness (QED) is 0.863. The Morgan fingerprint density at radius 2 is 1.57 bits per heavy atom. The van der Waals surface area contributed by atoms with Crippen LogP contribution in [0.2, 0.25) is 0 Å². The van der Waals surface area contributed by atoms with E-state index in [9.17, 15) is 0 Å². The average molecular weight is 310 g/mol. The van der Waals surface area contributed by atoms with E-state index in [1.807, 2.05) is 0 Å². The van der Waals surface area contributed by atoms with Gasteiger partial charge in [0.05, 0.1) is 11.4 Å². The van der Waals surface area contributed by atoms with Crippen LogP contribution in [0.5, 0.6) is 0 Å². The third-order valence-corrected chi connectivity index (χ3v) is 7.36. The average Bonchev–Trinajstić information content (AvgIpc) is 3.07. The van der Waals surface area contributed by atoms with Crippen LogP contribution in [0.15, 0.2) is 18.2 Å². The largest absolute Gasteiger partial charge is 0.386 e. The summed E-state index contributed by atoms with van der Waals surface area (Å²) in [5.74, 6) is 3.08. The lowest BCUT2D eigenvalue weighted by Crippen LogP contribution is -2.48. The van der Waals surface area contributed by atoms with Crippen molar-refractivity contribution in [2.45, 2.75) is 56.8 Å². The molecule has 1 saturated heterocycles. The van der Waals surface area contributed by atoms with Gasteiger partial charge in [-0.2, -0.15) is 0 Å². The summed E-state index contributed by atoms with van der Waals surface area (Å²) < 4.78 is 0. The van der Waals surface area contributed by atoms with Crippen molar-refractivity contribution in [1.82, 2.24) is 0 Å². The second-order valence-electron chi connectivity index (χ2n) is 8.87. The molecule has 5 fully saturated rings. The molecular weight excluding hydrogens is 280 g/mol. The second-order valence-corrected chi connectivity index (χ2v) is 8.87. The summed E-state index contributed by atoms with van der Waals surface area (Å²) in [6, 6.07) is 7.39. The van der Waals surface area contributed by atoms with Gasteiger partial charge in [-0.3, -0.25) is 0 Å². The number of rotatable bonds is 3. The van der Waals surface area contributed by atoms with E-state index in [0.29, 0.717) is 5.41 Å². The first-order chi connectivity index (χ1) is 11.3. The maximum Gasteiger partial charge on any atom is 0.0604 e. The zero-order valence-corrected chi connectivity index (χ0v) is 14.5. The predicted molar refractivity (Wildman–Crippen MR) is 97.3 cm³/mol. The zero-order chi connectivity index (χ0) is 15.4. The van der Waals surface area contributed by atoms with E-state index < -0.39 is 0 Å². The molecule has 1 heterocycles. The predicted octanol–water partition coefficient (Wildman–Crippen LogP) is 4.80. The van der Waals surface area contributed by atoms with E-state index in [2.05, 4.69) is 35.5 Å².